The molecule has 0 aliphatic carbocycles. The zero-order valence-corrected chi connectivity index (χ0v) is 13.0. The maximum atomic E-state index is 11.8. The Labute approximate surface area is 123 Å². The highest BCUT2D eigenvalue weighted by molar-refractivity contribution is 14.1. The van der Waals surface area contributed by atoms with E-state index in [0.717, 1.165) is 0 Å². The topological polar surface area (TPSA) is 85.5 Å². The highest BCUT2D eigenvalue weighted by Crippen LogP contribution is 2.38. The molecule has 2 rings (SSSR count). The predicted octanol–water partition coefficient (Wildman–Crippen LogP) is 1.17. The molecule has 1 amide bonds. The fourth-order valence-electron chi connectivity index (χ4n) is 1.81. The number of rotatable bonds is 4. The van der Waals surface area contributed by atoms with Gasteiger partial charge in [-0.25, -0.2) is 4.79 Å². The summed E-state index contributed by atoms with van der Waals surface area (Å²) >= 11 is 2.12. The zero-order chi connectivity index (χ0) is 14.2. The van der Waals surface area contributed by atoms with Gasteiger partial charge in [-0.2, -0.15) is 4.98 Å². The number of β-lactam (4-membered cyclic amide) rings is 1. The van der Waals surface area contributed by atoms with Crippen LogP contribution < -0.4 is 0 Å². The Morgan fingerprint density at radius 2 is 2.26 bits per heavy atom. The summed E-state index contributed by atoms with van der Waals surface area (Å²) in [4.78, 5) is 28.7. The molecular formula is C11H14IN3O4. The number of likely N-dealkylation sites (tertiary alicyclic amines) is 1. The van der Waals surface area contributed by atoms with Crippen LogP contribution >= 0.6 is 22.6 Å². The first kappa shape index (κ1) is 14.2. The van der Waals surface area contributed by atoms with Gasteiger partial charge in [-0.15, -0.1) is 0 Å². The van der Waals surface area contributed by atoms with Crippen LogP contribution in [0.5, 0.6) is 0 Å². The maximum Gasteiger partial charge on any atom is 0.397 e. The van der Waals surface area contributed by atoms with Crippen LogP contribution in [-0.4, -0.2) is 43.0 Å². The fraction of sp³-hybridized carbons (Fsp3) is 0.636. The van der Waals surface area contributed by atoms with E-state index in [-0.39, 0.29) is 34.4 Å². The van der Waals surface area contributed by atoms with Crippen molar-refractivity contribution < 1.29 is 18.8 Å². The minimum absolute atomic E-state index is 0.0353. The van der Waals surface area contributed by atoms with Gasteiger partial charge in [0.1, 0.15) is 3.92 Å². The third-order valence-electron chi connectivity index (χ3n) is 3.02. The number of carbonyl (C=O) groups is 2. The molecule has 1 aliphatic heterocycles. The van der Waals surface area contributed by atoms with Gasteiger partial charge >= 0.3 is 11.9 Å². The van der Waals surface area contributed by atoms with Crippen LogP contribution in [0, 0.1) is 0 Å². The van der Waals surface area contributed by atoms with Crippen molar-refractivity contribution in [3.63, 3.8) is 0 Å². The summed E-state index contributed by atoms with van der Waals surface area (Å²) in [5.41, 5.74) is -0.248. The Morgan fingerprint density at radius 1 is 1.58 bits per heavy atom. The first-order valence-corrected chi connectivity index (χ1v) is 7.07. The molecule has 7 nitrogen and oxygen atoms in total. The second-order valence-corrected chi connectivity index (χ2v) is 5.92. The molecule has 0 aromatic carbocycles. The SMILES string of the molecule is CCOC(=O)c1nc(CN2C(=O)C(I)C2(C)C)no1. The lowest BCUT2D eigenvalue weighted by atomic mass is 9.88. The number of esters is 1. The molecule has 0 N–H and O–H groups in total. The number of nitrogens with zero attached hydrogens (tertiary/aromatic N) is 3. The van der Waals surface area contributed by atoms with E-state index in [9.17, 15) is 9.59 Å². The Balaban J connectivity index is 2.05. The normalized spacial score (nSPS) is 21.2. The van der Waals surface area contributed by atoms with E-state index in [1.165, 1.54) is 0 Å². The molecule has 0 spiro atoms. The van der Waals surface area contributed by atoms with Crippen molar-refractivity contribution in [2.75, 3.05) is 6.61 Å². The molecule has 8 heteroatoms. The van der Waals surface area contributed by atoms with E-state index in [0.29, 0.717) is 5.82 Å². The molecule has 2 heterocycles. The van der Waals surface area contributed by atoms with Gasteiger partial charge in [0.15, 0.2) is 5.82 Å². The van der Waals surface area contributed by atoms with Crippen molar-refractivity contribution >= 4 is 34.5 Å². The Kier molecular flexibility index (Phi) is 3.79. The molecule has 0 saturated carbocycles. The van der Waals surface area contributed by atoms with E-state index >= 15 is 0 Å². The van der Waals surface area contributed by atoms with Crippen LogP contribution in [0.2, 0.25) is 0 Å². The minimum atomic E-state index is -0.651. The van der Waals surface area contributed by atoms with E-state index in [4.69, 9.17) is 9.26 Å². The van der Waals surface area contributed by atoms with Crippen LogP contribution in [0.25, 0.3) is 0 Å². The Bertz CT molecular complexity index is 514. The lowest BCUT2D eigenvalue weighted by molar-refractivity contribution is -0.152. The smallest absolute Gasteiger partial charge is 0.397 e. The number of halogens is 1. The number of hydrogen-bond donors (Lipinski definition) is 0. The van der Waals surface area contributed by atoms with Gasteiger partial charge < -0.3 is 14.2 Å². The monoisotopic (exact) mass is 379 g/mol. The maximum absolute atomic E-state index is 11.8. The van der Waals surface area contributed by atoms with Crippen LogP contribution in [0.15, 0.2) is 4.52 Å². The second-order valence-electron chi connectivity index (χ2n) is 4.68. The van der Waals surface area contributed by atoms with Gasteiger partial charge in [0.25, 0.3) is 0 Å². The lowest BCUT2D eigenvalue weighted by Crippen LogP contribution is -2.68. The summed E-state index contributed by atoms with van der Waals surface area (Å²) < 4.78 is 9.50. The lowest BCUT2D eigenvalue weighted by Gasteiger charge is -2.51. The van der Waals surface area contributed by atoms with E-state index in [1.54, 1.807) is 11.8 Å². The first-order valence-electron chi connectivity index (χ1n) is 5.83. The van der Waals surface area contributed by atoms with E-state index in [1.807, 2.05) is 13.8 Å². The van der Waals surface area contributed by atoms with Crippen LogP contribution in [0.3, 0.4) is 0 Å². The molecule has 1 aliphatic rings. The third-order valence-corrected chi connectivity index (χ3v) is 5.07. The molecule has 1 fully saturated rings. The van der Waals surface area contributed by atoms with Gasteiger partial charge in [0, 0.05) is 0 Å². The largest absolute Gasteiger partial charge is 0.459 e. The predicted molar refractivity (Wildman–Crippen MR) is 72.7 cm³/mol. The molecule has 1 unspecified atom stereocenters. The summed E-state index contributed by atoms with van der Waals surface area (Å²) in [5.74, 6) is -0.503. The number of hydrogen-bond acceptors (Lipinski definition) is 6. The number of ether oxygens (including phenoxy) is 1. The highest BCUT2D eigenvalue weighted by Gasteiger charge is 2.52. The quantitative estimate of drug-likeness (QED) is 0.338. The van der Waals surface area contributed by atoms with Gasteiger partial charge in [0.2, 0.25) is 5.91 Å². The zero-order valence-electron chi connectivity index (χ0n) is 10.8. The minimum Gasteiger partial charge on any atom is -0.459 e. The van der Waals surface area contributed by atoms with Crippen molar-refractivity contribution in [2.45, 2.75) is 36.8 Å². The summed E-state index contributed by atoms with van der Waals surface area (Å²) in [6.45, 7) is 6.10. The third kappa shape index (κ3) is 2.45. The van der Waals surface area contributed by atoms with Gasteiger partial charge in [-0.05, 0) is 20.8 Å². The molecule has 1 aromatic heterocycles. The summed E-state index contributed by atoms with van der Waals surface area (Å²) in [7, 11) is 0. The Morgan fingerprint density at radius 3 is 2.84 bits per heavy atom. The standard InChI is InChI=1S/C11H14IN3O4/c1-4-18-10(17)8-13-6(14-19-8)5-15-9(16)7(12)11(15,2)3/h7H,4-5H2,1-3H3. The van der Waals surface area contributed by atoms with E-state index in [2.05, 4.69) is 32.7 Å². The Hall–Kier alpha value is -1.19. The molecule has 1 atom stereocenters. The molecule has 1 aromatic rings. The molecule has 19 heavy (non-hydrogen) atoms. The fourth-order valence-corrected chi connectivity index (χ4v) is 2.48. The number of carbonyl (C=O) groups excluding carboxylic acids is 2. The van der Waals surface area contributed by atoms with Gasteiger partial charge in [-0.3, -0.25) is 4.79 Å². The summed E-state index contributed by atoms with van der Waals surface area (Å²) in [5, 5.41) is 3.68. The average Bonchev–Trinajstić information content (AvgIpc) is 2.83. The average molecular weight is 379 g/mol. The molecule has 0 radical (unpaired) electrons. The van der Waals surface area contributed by atoms with Crippen LogP contribution in [0.1, 0.15) is 37.3 Å². The number of alkyl halides is 1. The molecule has 1 saturated heterocycles. The summed E-state index contributed by atoms with van der Waals surface area (Å²) in [6.07, 6.45) is 0. The van der Waals surface area contributed by atoms with Crippen LogP contribution in [-0.2, 0) is 16.1 Å². The van der Waals surface area contributed by atoms with Crippen molar-refractivity contribution in [1.82, 2.24) is 15.0 Å². The van der Waals surface area contributed by atoms with E-state index < -0.39 is 5.97 Å². The summed E-state index contributed by atoms with van der Waals surface area (Å²) in [6, 6.07) is 0. The molecular weight excluding hydrogens is 365 g/mol. The highest BCUT2D eigenvalue weighted by atomic mass is 127. The van der Waals surface area contributed by atoms with Crippen molar-refractivity contribution in [3.8, 4) is 0 Å². The van der Waals surface area contributed by atoms with Crippen molar-refractivity contribution in [1.29, 1.82) is 0 Å². The molecule has 0 bridgehead atoms. The number of amides is 1. The number of aromatic nitrogens is 2. The first-order chi connectivity index (χ1) is 8.87. The van der Waals surface area contributed by atoms with Gasteiger partial charge in [0.05, 0.1) is 18.7 Å². The van der Waals surface area contributed by atoms with Crippen molar-refractivity contribution in [3.05, 3.63) is 11.7 Å². The second kappa shape index (κ2) is 5.06. The van der Waals surface area contributed by atoms with Crippen LogP contribution in [0.4, 0.5) is 0 Å². The van der Waals surface area contributed by atoms with Crippen molar-refractivity contribution in [2.24, 2.45) is 0 Å². The molecule has 104 valence electrons. The van der Waals surface area contributed by atoms with Gasteiger partial charge in [-0.1, -0.05) is 27.7 Å².